The number of ketones is 1. The molecule has 0 fully saturated rings. The molecule has 0 saturated heterocycles. The van der Waals surface area contributed by atoms with Gasteiger partial charge in [0.05, 0.1) is 16.5 Å². The van der Waals surface area contributed by atoms with Gasteiger partial charge in [0.15, 0.2) is 11.5 Å². The topological polar surface area (TPSA) is 121 Å². The van der Waals surface area contributed by atoms with Crippen molar-refractivity contribution in [2.45, 2.75) is 181 Å². The summed E-state index contributed by atoms with van der Waals surface area (Å²) in [4.78, 5) is 40.4. The zero-order valence-electron chi connectivity index (χ0n) is 37.6. The van der Waals surface area contributed by atoms with Crippen LogP contribution in [0.25, 0.3) is 0 Å². The molecule has 0 radical (unpaired) electrons. The third-order valence-corrected chi connectivity index (χ3v) is 13.3. The van der Waals surface area contributed by atoms with E-state index in [0.29, 0.717) is 13.1 Å². The number of carboxylic acid groups (broad SMARTS) is 2. The Hall–Kier alpha value is -4.46. The van der Waals surface area contributed by atoms with Crippen molar-refractivity contribution in [1.29, 1.82) is 0 Å². The van der Waals surface area contributed by atoms with Crippen molar-refractivity contribution in [3.63, 3.8) is 0 Å². The van der Waals surface area contributed by atoms with Gasteiger partial charge < -0.3 is 20.2 Å². The Kier molecular flexibility index (Phi) is 16.6. The molecule has 0 spiro atoms. The molecule has 2 aromatic rings. The second kappa shape index (κ2) is 21.4. The number of hydrogen-bond donors (Lipinski definition) is 2. The van der Waals surface area contributed by atoms with E-state index in [1.165, 1.54) is 89.9 Å². The van der Waals surface area contributed by atoms with Crippen molar-refractivity contribution < 1.29 is 34.3 Å². The van der Waals surface area contributed by atoms with Crippen molar-refractivity contribution in [2.75, 3.05) is 18.0 Å². The summed E-state index contributed by atoms with van der Waals surface area (Å²) in [6, 6.07) is 10.5. The first-order valence-corrected chi connectivity index (χ1v) is 23.3. The van der Waals surface area contributed by atoms with Crippen molar-refractivity contribution >= 4 is 34.8 Å². The number of rotatable bonds is 26. The number of unbranched alkanes of at least 4 members (excludes halogenated alkanes) is 18. The van der Waals surface area contributed by atoms with E-state index in [1.54, 1.807) is 36.4 Å². The Morgan fingerprint density at radius 3 is 1.65 bits per heavy atom. The molecule has 5 rings (SSSR count). The Labute approximate surface area is 360 Å². The lowest BCUT2D eigenvalue weighted by Crippen LogP contribution is -2.35. The fraction of sp³-hybridized carbons (Fsp3) is 0.577. The molecule has 0 unspecified atom stereocenters. The van der Waals surface area contributed by atoms with Crippen LogP contribution in [-0.4, -0.2) is 51.3 Å². The van der Waals surface area contributed by atoms with Gasteiger partial charge in [-0.05, 0) is 68.7 Å². The number of hydrogen-bond acceptors (Lipinski definition) is 5. The van der Waals surface area contributed by atoms with E-state index in [2.05, 4.69) is 23.3 Å². The van der Waals surface area contributed by atoms with E-state index >= 15 is 0 Å². The highest BCUT2D eigenvalue weighted by Crippen LogP contribution is 2.50. The number of allylic oxidation sites excluding steroid dienone is 5. The number of benzene rings is 2. The highest BCUT2D eigenvalue weighted by atomic mass is 16.4. The predicted octanol–water partition coefficient (Wildman–Crippen LogP) is 12.1. The molecule has 2 N–H and O–H groups in total. The second-order valence-corrected chi connectivity index (χ2v) is 18.5. The van der Waals surface area contributed by atoms with Crippen molar-refractivity contribution in [3.05, 3.63) is 93.4 Å². The summed E-state index contributed by atoms with van der Waals surface area (Å²) >= 11 is 0. The molecule has 0 atom stereocenters. The number of aromatic carboxylic acids is 2. The summed E-state index contributed by atoms with van der Waals surface area (Å²) in [7, 11) is 0. The van der Waals surface area contributed by atoms with Crippen LogP contribution < -0.4 is 10.0 Å². The largest absolute Gasteiger partial charge is 0.871 e. The van der Waals surface area contributed by atoms with E-state index in [1.807, 2.05) is 39.8 Å². The van der Waals surface area contributed by atoms with Gasteiger partial charge in [0.2, 0.25) is 5.69 Å². The maximum Gasteiger partial charge on any atom is 0.335 e. The van der Waals surface area contributed by atoms with Gasteiger partial charge in [-0.1, -0.05) is 143 Å². The molecule has 2 aliphatic heterocycles. The van der Waals surface area contributed by atoms with E-state index in [9.17, 15) is 29.7 Å². The van der Waals surface area contributed by atoms with Gasteiger partial charge in [-0.25, -0.2) is 9.59 Å². The number of anilines is 1. The maximum absolute atomic E-state index is 14.1. The van der Waals surface area contributed by atoms with Gasteiger partial charge in [0.1, 0.15) is 6.54 Å². The van der Waals surface area contributed by atoms with E-state index in [0.717, 1.165) is 72.4 Å². The minimum absolute atomic E-state index is 0.145. The zero-order valence-corrected chi connectivity index (χ0v) is 37.6. The fourth-order valence-corrected chi connectivity index (χ4v) is 9.50. The fourth-order valence-electron chi connectivity index (χ4n) is 9.50. The maximum atomic E-state index is 14.1. The molecule has 60 heavy (non-hydrogen) atoms. The first-order chi connectivity index (χ1) is 28.7. The molecule has 2 heterocycles. The Bertz CT molecular complexity index is 2000. The minimum atomic E-state index is -0.989. The number of nitrogens with zero attached hydrogens (tertiary/aromatic N) is 2. The van der Waals surface area contributed by atoms with Gasteiger partial charge in [-0.2, -0.15) is 4.58 Å². The quantitative estimate of drug-likeness (QED) is 0.0550. The van der Waals surface area contributed by atoms with Gasteiger partial charge in [0.25, 0.3) is 0 Å². The van der Waals surface area contributed by atoms with Crippen LogP contribution >= 0.6 is 0 Å². The number of carbonyl (C=O) groups is 3. The average Bonchev–Trinajstić information content (AvgIpc) is 3.56. The minimum Gasteiger partial charge on any atom is -0.871 e. The van der Waals surface area contributed by atoms with Crippen LogP contribution in [0.4, 0.5) is 11.4 Å². The summed E-state index contributed by atoms with van der Waals surface area (Å²) in [6.07, 6.45) is 27.8. The normalized spacial score (nSPS) is 17.8. The average molecular weight is 821 g/mol. The van der Waals surface area contributed by atoms with Crippen LogP contribution in [0.1, 0.15) is 202 Å². The molecule has 0 saturated carbocycles. The number of Topliss-reactive ketones (excluding diaryl/α,β-unsaturated/α-hetero) is 1. The van der Waals surface area contributed by atoms with Gasteiger partial charge in [-0.15, -0.1) is 0 Å². The third-order valence-electron chi connectivity index (χ3n) is 13.3. The van der Waals surface area contributed by atoms with Crippen LogP contribution in [0.5, 0.6) is 0 Å². The summed E-state index contributed by atoms with van der Waals surface area (Å²) in [5, 5.41) is 33.8. The van der Waals surface area contributed by atoms with E-state index in [4.69, 9.17) is 0 Å². The van der Waals surface area contributed by atoms with Crippen LogP contribution in [0.3, 0.4) is 0 Å². The zero-order chi connectivity index (χ0) is 43.5. The smallest absolute Gasteiger partial charge is 0.335 e. The van der Waals surface area contributed by atoms with Crippen LogP contribution in [-0.2, 0) is 15.6 Å². The molecule has 8 nitrogen and oxygen atoms in total. The first kappa shape index (κ1) is 46.6. The summed E-state index contributed by atoms with van der Waals surface area (Å²) in [5.41, 5.74) is 4.71. The lowest BCUT2D eigenvalue weighted by Gasteiger charge is -2.33. The number of fused-ring (bicyclic) bond motifs is 2. The lowest BCUT2D eigenvalue weighted by atomic mass is 9.77. The van der Waals surface area contributed by atoms with Gasteiger partial charge in [-0.3, -0.25) is 4.79 Å². The van der Waals surface area contributed by atoms with E-state index in [-0.39, 0.29) is 33.8 Å². The highest BCUT2D eigenvalue weighted by molar-refractivity contribution is 6.24. The Morgan fingerprint density at radius 2 is 1.13 bits per heavy atom. The van der Waals surface area contributed by atoms with Crippen LogP contribution in [0, 0.1) is 0 Å². The molecule has 0 bridgehead atoms. The summed E-state index contributed by atoms with van der Waals surface area (Å²) in [5.74, 6) is -2.57. The Morgan fingerprint density at radius 1 is 0.650 bits per heavy atom. The van der Waals surface area contributed by atoms with Gasteiger partial charge in [0, 0.05) is 58.6 Å². The molecule has 2 aromatic carbocycles. The molecule has 326 valence electrons. The van der Waals surface area contributed by atoms with Crippen LogP contribution in [0.2, 0.25) is 0 Å². The monoisotopic (exact) mass is 821 g/mol. The summed E-state index contributed by atoms with van der Waals surface area (Å²) in [6.45, 7) is 14.1. The van der Waals surface area contributed by atoms with Crippen molar-refractivity contribution in [2.24, 2.45) is 0 Å². The third kappa shape index (κ3) is 10.7. The predicted molar refractivity (Wildman–Crippen MR) is 242 cm³/mol. The molecule has 0 amide bonds. The second-order valence-electron chi connectivity index (χ2n) is 18.5. The highest BCUT2D eigenvalue weighted by Gasteiger charge is 2.46. The molecule has 3 aliphatic rings. The number of carbonyl (C=O) groups excluding carboxylic acids is 1. The summed E-state index contributed by atoms with van der Waals surface area (Å²) < 4.78 is 2.20. The molecule has 8 heteroatoms. The number of carboxylic acids is 2. The van der Waals surface area contributed by atoms with Gasteiger partial charge >= 0.3 is 11.9 Å². The molecule has 1 aliphatic carbocycles. The Balaban J connectivity index is 1.38. The molecule has 0 aromatic heterocycles. The molecular formula is C52H72N2O6. The SMILES string of the molecule is CCCCCCCCCCCCN1/C(=C/C2=C([O-])C(=C\C3=[N+](CCCCCCCCCCCC)c4ccc(C(=O)O)cc4C3(C)C)/C2=O)C(C)(C)c2cc(C(=O)O)ccc21. The standard InChI is InChI=1S/C52H72N2O6/c1-7-9-11-13-15-17-19-21-23-25-31-53-43-29-27-37(49(57)58)33-41(43)51(3,4)45(53)35-39-47(55)40(48(39)56)36-46-52(5,6)42-34-38(50(59)60)28-30-44(42)54(46)32-26-24-22-20-18-16-14-12-10-8-2/h27-30,33-36H,7-26,31-32H2,1-6H3,(H2-,55,56,57,58,59,60). The van der Waals surface area contributed by atoms with Crippen LogP contribution in [0.15, 0.2) is 71.2 Å². The van der Waals surface area contributed by atoms with E-state index < -0.39 is 22.8 Å². The lowest BCUT2D eigenvalue weighted by molar-refractivity contribution is -0.438. The van der Waals surface area contributed by atoms with Crippen molar-refractivity contribution in [3.8, 4) is 0 Å². The molecular weight excluding hydrogens is 749 g/mol. The first-order valence-electron chi connectivity index (χ1n) is 23.3. The van der Waals surface area contributed by atoms with Crippen molar-refractivity contribution in [1.82, 2.24) is 0 Å².